The number of nitro benzene ring substituents is 1. The standard InChI is InChI=1S/C20H18IN3O2/c1-13-9-17(7-8-20(13)21)22-12-16-10-14(2)23(15(16)3)18-5-4-6-19(11-18)24(25)26/h4-12H,1-3H3. The number of halogens is 1. The second kappa shape index (κ2) is 7.41. The summed E-state index contributed by atoms with van der Waals surface area (Å²) in [4.78, 5) is 15.3. The maximum absolute atomic E-state index is 11.0. The van der Waals surface area contributed by atoms with E-state index in [-0.39, 0.29) is 10.6 Å². The van der Waals surface area contributed by atoms with E-state index in [0.717, 1.165) is 28.3 Å². The summed E-state index contributed by atoms with van der Waals surface area (Å²) in [7, 11) is 0. The van der Waals surface area contributed by atoms with Crippen molar-refractivity contribution in [2.45, 2.75) is 20.8 Å². The fraction of sp³-hybridized carbons (Fsp3) is 0.150. The predicted molar refractivity (Wildman–Crippen MR) is 113 cm³/mol. The molecule has 0 aliphatic carbocycles. The Kier molecular flexibility index (Phi) is 5.22. The van der Waals surface area contributed by atoms with Gasteiger partial charge < -0.3 is 4.57 Å². The maximum atomic E-state index is 11.0. The predicted octanol–water partition coefficient (Wildman–Crippen LogP) is 5.67. The zero-order chi connectivity index (χ0) is 18.8. The average Bonchev–Trinajstić information content (AvgIpc) is 2.89. The van der Waals surface area contributed by atoms with E-state index in [1.165, 1.54) is 15.2 Å². The van der Waals surface area contributed by atoms with Gasteiger partial charge in [0.15, 0.2) is 0 Å². The lowest BCUT2D eigenvalue weighted by molar-refractivity contribution is -0.384. The van der Waals surface area contributed by atoms with Crippen LogP contribution in [0.1, 0.15) is 22.5 Å². The van der Waals surface area contributed by atoms with Crippen molar-refractivity contribution < 1.29 is 4.92 Å². The third-order valence-electron chi connectivity index (χ3n) is 4.26. The molecule has 1 aromatic heterocycles. The topological polar surface area (TPSA) is 60.4 Å². The SMILES string of the molecule is Cc1cc(N=Cc2cc(C)n(-c3cccc([N+](=O)[O-])c3)c2C)ccc1I. The lowest BCUT2D eigenvalue weighted by atomic mass is 10.2. The minimum Gasteiger partial charge on any atom is -0.318 e. The Balaban J connectivity index is 1.98. The van der Waals surface area contributed by atoms with Crippen LogP contribution in [0.3, 0.4) is 0 Å². The van der Waals surface area contributed by atoms with Crippen LogP contribution in [0, 0.1) is 34.5 Å². The van der Waals surface area contributed by atoms with Crippen LogP contribution in [-0.4, -0.2) is 15.7 Å². The molecule has 5 nitrogen and oxygen atoms in total. The molecule has 0 atom stereocenters. The van der Waals surface area contributed by atoms with Gasteiger partial charge in [-0.05, 0) is 79.3 Å². The highest BCUT2D eigenvalue weighted by Crippen LogP contribution is 2.24. The molecule has 26 heavy (non-hydrogen) atoms. The molecule has 2 aromatic carbocycles. The molecule has 0 aliphatic heterocycles. The number of nitrogens with zero attached hydrogens (tertiary/aromatic N) is 3. The van der Waals surface area contributed by atoms with Crippen molar-refractivity contribution in [3.8, 4) is 5.69 Å². The number of benzene rings is 2. The third-order valence-corrected chi connectivity index (χ3v) is 5.47. The Labute approximate surface area is 165 Å². The van der Waals surface area contributed by atoms with Crippen molar-refractivity contribution in [2.75, 3.05) is 0 Å². The lowest BCUT2D eigenvalue weighted by Gasteiger charge is -2.09. The number of aromatic nitrogens is 1. The van der Waals surface area contributed by atoms with Crippen LogP contribution in [0.4, 0.5) is 11.4 Å². The molecule has 1 heterocycles. The summed E-state index contributed by atoms with van der Waals surface area (Å²) in [5.74, 6) is 0. The van der Waals surface area contributed by atoms with E-state index in [9.17, 15) is 10.1 Å². The summed E-state index contributed by atoms with van der Waals surface area (Å²) >= 11 is 2.30. The quantitative estimate of drug-likeness (QED) is 0.219. The fourth-order valence-corrected chi connectivity index (χ4v) is 3.25. The normalized spacial score (nSPS) is 11.2. The molecular weight excluding hydrogens is 441 g/mol. The number of aliphatic imine (C=N–C) groups is 1. The first-order valence-electron chi connectivity index (χ1n) is 8.11. The zero-order valence-electron chi connectivity index (χ0n) is 14.7. The van der Waals surface area contributed by atoms with E-state index in [0.29, 0.717) is 0 Å². The molecule has 0 fully saturated rings. The monoisotopic (exact) mass is 459 g/mol. The molecule has 0 spiro atoms. The summed E-state index contributed by atoms with van der Waals surface area (Å²) in [6.45, 7) is 6.04. The number of non-ortho nitro benzene ring substituents is 1. The van der Waals surface area contributed by atoms with Crippen LogP contribution in [0.25, 0.3) is 5.69 Å². The Hall–Kier alpha value is -2.48. The second-order valence-corrected chi connectivity index (χ2v) is 7.29. The van der Waals surface area contributed by atoms with Crippen molar-refractivity contribution in [2.24, 2.45) is 4.99 Å². The van der Waals surface area contributed by atoms with Gasteiger partial charge in [-0.1, -0.05) is 6.07 Å². The molecular formula is C20H18IN3O2. The van der Waals surface area contributed by atoms with Gasteiger partial charge in [-0.2, -0.15) is 0 Å². The summed E-state index contributed by atoms with van der Waals surface area (Å²) in [6.07, 6.45) is 1.85. The zero-order valence-corrected chi connectivity index (χ0v) is 16.9. The number of aryl methyl sites for hydroxylation is 2. The molecule has 0 amide bonds. The number of hydrogen-bond donors (Lipinski definition) is 0. The highest BCUT2D eigenvalue weighted by molar-refractivity contribution is 14.1. The Morgan fingerprint density at radius 2 is 1.88 bits per heavy atom. The number of hydrogen-bond acceptors (Lipinski definition) is 3. The van der Waals surface area contributed by atoms with Crippen LogP contribution in [0.2, 0.25) is 0 Å². The van der Waals surface area contributed by atoms with Gasteiger partial charge in [-0.3, -0.25) is 15.1 Å². The molecule has 132 valence electrons. The summed E-state index contributed by atoms with van der Waals surface area (Å²) < 4.78 is 3.22. The van der Waals surface area contributed by atoms with Crippen molar-refractivity contribution in [1.29, 1.82) is 0 Å². The van der Waals surface area contributed by atoms with E-state index in [1.807, 2.05) is 42.8 Å². The highest BCUT2D eigenvalue weighted by atomic mass is 127. The molecule has 3 aromatic rings. The summed E-state index contributed by atoms with van der Waals surface area (Å²) in [6, 6.07) is 14.8. The van der Waals surface area contributed by atoms with Crippen LogP contribution < -0.4 is 0 Å². The second-order valence-electron chi connectivity index (χ2n) is 6.13. The summed E-state index contributed by atoms with van der Waals surface area (Å²) in [5.41, 5.74) is 5.95. The van der Waals surface area contributed by atoms with Crippen molar-refractivity contribution >= 4 is 40.2 Å². The Morgan fingerprint density at radius 1 is 1.12 bits per heavy atom. The molecule has 0 unspecified atom stereocenters. The first kappa shape index (κ1) is 18.3. The van der Waals surface area contributed by atoms with Crippen molar-refractivity contribution in [1.82, 2.24) is 4.57 Å². The molecule has 0 saturated carbocycles. The maximum Gasteiger partial charge on any atom is 0.271 e. The Morgan fingerprint density at radius 3 is 2.58 bits per heavy atom. The lowest BCUT2D eigenvalue weighted by Crippen LogP contribution is -2.00. The van der Waals surface area contributed by atoms with E-state index in [1.54, 1.807) is 12.1 Å². The fourth-order valence-electron chi connectivity index (χ4n) is 2.91. The molecule has 0 N–H and O–H groups in total. The largest absolute Gasteiger partial charge is 0.318 e. The van der Waals surface area contributed by atoms with Crippen molar-refractivity contribution in [3.63, 3.8) is 0 Å². The third kappa shape index (κ3) is 3.70. The molecule has 0 radical (unpaired) electrons. The van der Waals surface area contributed by atoms with Gasteiger partial charge in [0.1, 0.15) is 0 Å². The van der Waals surface area contributed by atoms with Gasteiger partial charge in [-0.15, -0.1) is 0 Å². The van der Waals surface area contributed by atoms with Crippen LogP contribution in [0.5, 0.6) is 0 Å². The molecule has 0 bridgehead atoms. The van der Waals surface area contributed by atoms with Gasteiger partial charge >= 0.3 is 0 Å². The first-order chi connectivity index (χ1) is 12.4. The van der Waals surface area contributed by atoms with Gasteiger partial charge in [0.25, 0.3) is 5.69 Å². The number of rotatable bonds is 4. The van der Waals surface area contributed by atoms with E-state index >= 15 is 0 Å². The van der Waals surface area contributed by atoms with Crippen LogP contribution in [0.15, 0.2) is 53.5 Å². The molecule has 6 heteroatoms. The minimum atomic E-state index is -0.376. The molecule has 0 aliphatic rings. The number of nitro groups is 1. The molecule has 0 saturated heterocycles. The Bertz CT molecular complexity index is 1020. The van der Waals surface area contributed by atoms with Gasteiger partial charge in [0.05, 0.1) is 16.3 Å². The van der Waals surface area contributed by atoms with E-state index in [2.05, 4.69) is 46.6 Å². The van der Waals surface area contributed by atoms with Gasteiger partial charge in [-0.25, -0.2) is 0 Å². The van der Waals surface area contributed by atoms with Crippen molar-refractivity contribution in [3.05, 3.63) is 84.7 Å². The average molecular weight is 459 g/mol. The van der Waals surface area contributed by atoms with Crippen LogP contribution >= 0.6 is 22.6 Å². The minimum absolute atomic E-state index is 0.0829. The van der Waals surface area contributed by atoms with Gasteiger partial charge in [0.2, 0.25) is 0 Å². The van der Waals surface area contributed by atoms with Crippen LogP contribution in [-0.2, 0) is 0 Å². The first-order valence-corrected chi connectivity index (χ1v) is 9.18. The molecule has 3 rings (SSSR count). The van der Waals surface area contributed by atoms with Gasteiger partial charge in [0, 0.05) is 38.9 Å². The highest BCUT2D eigenvalue weighted by Gasteiger charge is 2.12. The smallest absolute Gasteiger partial charge is 0.271 e. The van der Waals surface area contributed by atoms with E-state index < -0.39 is 0 Å². The summed E-state index contributed by atoms with van der Waals surface area (Å²) in [5, 5.41) is 11.0. The van der Waals surface area contributed by atoms with E-state index in [4.69, 9.17) is 0 Å².